The fourth-order valence-corrected chi connectivity index (χ4v) is 0.292. The maximum absolute atomic E-state index is 5.23. The van der Waals surface area contributed by atoms with Gasteiger partial charge in [0.15, 0.2) is 0 Å². The summed E-state index contributed by atoms with van der Waals surface area (Å²) in [6, 6.07) is 0. The molecule has 0 aromatic carbocycles. The highest BCUT2D eigenvalue weighted by Crippen LogP contribution is 2.03. The van der Waals surface area contributed by atoms with Crippen molar-refractivity contribution < 1.29 is 0 Å². The summed E-state index contributed by atoms with van der Waals surface area (Å²) >= 11 is 8.97. The highest BCUT2D eigenvalue weighted by atomic mass is 35.5. The van der Waals surface area contributed by atoms with Crippen LogP contribution < -0.4 is 0 Å². The van der Waals surface area contributed by atoms with Gasteiger partial charge in [0.2, 0.25) is 0 Å². The van der Waals surface area contributed by atoms with Gasteiger partial charge in [0.25, 0.3) is 0 Å². The van der Waals surface area contributed by atoms with Crippen molar-refractivity contribution in [3.8, 4) is 0 Å². The van der Waals surface area contributed by atoms with E-state index >= 15 is 0 Å². The van der Waals surface area contributed by atoms with E-state index in [0.717, 1.165) is 0 Å². The van der Waals surface area contributed by atoms with E-state index < -0.39 is 0 Å². The predicted octanol–water partition coefficient (Wildman–Crippen LogP) is 2.18. The van der Waals surface area contributed by atoms with Crippen molar-refractivity contribution in [3.05, 3.63) is 23.1 Å². The minimum Gasteiger partial charge on any atom is -0.131 e. The van der Waals surface area contributed by atoms with Crippen LogP contribution in [0.3, 0.4) is 0 Å². The first-order chi connectivity index (χ1) is 2.77. The van der Waals surface area contributed by atoms with Crippen LogP contribution in [0.2, 0.25) is 0 Å². The van der Waals surface area contributed by atoms with Crippen molar-refractivity contribution in [2.45, 2.75) is 0 Å². The molecule has 6 heavy (non-hydrogen) atoms. The molecular weight excluding hydrogens is 116 g/mol. The number of hydrogen-bond acceptors (Lipinski definition) is 1. The van der Waals surface area contributed by atoms with Gasteiger partial charge in [0, 0.05) is 0 Å². The van der Waals surface area contributed by atoms with Crippen molar-refractivity contribution in [1.82, 2.24) is 0 Å². The number of rotatable bonds is 1. The number of halogens is 1. The first-order valence-corrected chi connectivity index (χ1v) is 2.27. The summed E-state index contributed by atoms with van der Waals surface area (Å²) in [6.45, 7) is 3.39. The van der Waals surface area contributed by atoms with Gasteiger partial charge in [0.1, 0.15) is 0 Å². The molecule has 0 fully saturated rings. The molecule has 0 N–H and O–H groups in total. The monoisotopic (exact) mass is 120 g/mol. The van der Waals surface area contributed by atoms with E-state index in [1.165, 1.54) is 0 Å². The van der Waals surface area contributed by atoms with Crippen molar-refractivity contribution in [1.29, 1.82) is 0 Å². The van der Waals surface area contributed by atoms with Crippen LogP contribution in [0, 0.1) is 0 Å². The summed E-state index contributed by atoms with van der Waals surface area (Å²) in [5, 5.41) is 0. The van der Waals surface area contributed by atoms with Gasteiger partial charge in [-0.15, -0.1) is 12.6 Å². The molecule has 0 bridgehead atoms. The molecule has 0 spiro atoms. The zero-order valence-electron chi connectivity index (χ0n) is 3.19. The zero-order chi connectivity index (χ0) is 4.99. The summed E-state index contributed by atoms with van der Waals surface area (Å²) in [7, 11) is 0. The van der Waals surface area contributed by atoms with Crippen molar-refractivity contribution in [3.63, 3.8) is 0 Å². The quantitative estimate of drug-likeness (QED) is 0.398. The molecule has 0 amide bonds. The Labute approximate surface area is 47.9 Å². The van der Waals surface area contributed by atoms with E-state index in [-0.39, 0.29) is 0 Å². The first-order valence-electron chi connectivity index (χ1n) is 1.44. The second-order valence-corrected chi connectivity index (χ2v) is 1.88. The van der Waals surface area contributed by atoms with Gasteiger partial charge in [-0.2, -0.15) is 0 Å². The van der Waals surface area contributed by atoms with Crippen LogP contribution in [0.1, 0.15) is 0 Å². The molecular formula is C4H5ClS. The average molecular weight is 121 g/mol. The molecule has 0 atom stereocenters. The molecule has 0 unspecified atom stereocenters. The molecule has 2 heteroatoms. The van der Waals surface area contributed by atoms with Gasteiger partial charge >= 0.3 is 0 Å². The molecule has 0 rings (SSSR count). The van der Waals surface area contributed by atoms with E-state index in [2.05, 4.69) is 19.2 Å². The molecule has 34 valence electrons. The molecule has 0 nitrogen and oxygen atoms in total. The second kappa shape index (κ2) is 3.32. The first kappa shape index (κ1) is 6.12. The summed E-state index contributed by atoms with van der Waals surface area (Å²) in [5.74, 6) is 0. The number of hydrogen-bond donors (Lipinski definition) is 1. The molecule has 0 aromatic rings. The average Bonchev–Trinajstić information content (AvgIpc) is 1.35. The van der Waals surface area contributed by atoms with Crippen LogP contribution in [0.25, 0.3) is 0 Å². The molecule has 0 aromatic heterocycles. The fraction of sp³-hybridized carbons (Fsp3) is 0. The van der Waals surface area contributed by atoms with E-state index in [0.29, 0.717) is 4.36 Å². The van der Waals surface area contributed by atoms with E-state index in [1.807, 2.05) is 0 Å². The van der Waals surface area contributed by atoms with E-state index in [4.69, 9.17) is 11.6 Å². The molecule has 0 saturated heterocycles. The van der Waals surface area contributed by atoms with Crippen LogP contribution in [-0.2, 0) is 0 Å². The van der Waals surface area contributed by atoms with Gasteiger partial charge in [-0.25, -0.2) is 0 Å². The fourth-order valence-electron chi connectivity index (χ4n) is 0.0972. The standard InChI is InChI=1S/C4H5ClS/c1-2-3-4(5)6/h2-3,6H,1H2. The molecule has 0 aliphatic carbocycles. The largest absolute Gasteiger partial charge is 0.131 e. The zero-order valence-corrected chi connectivity index (χ0v) is 4.84. The van der Waals surface area contributed by atoms with E-state index in [9.17, 15) is 0 Å². The summed E-state index contributed by atoms with van der Waals surface area (Å²) in [5.41, 5.74) is 0. The lowest BCUT2D eigenvalue weighted by Gasteiger charge is -1.71. The van der Waals surface area contributed by atoms with Gasteiger partial charge in [0.05, 0.1) is 4.36 Å². The van der Waals surface area contributed by atoms with Crippen molar-refractivity contribution >= 4 is 24.2 Å². The Morgan fingerprint density at radius 2 is 2.33 bits per heavy atom. The minimum absolute atomic E-state index is 0.463. The SMILES string of the molecule is C=CC=C(S)Cl. The summed E-state index contributed by atoms with van der Waals surface area (Å²) < 4.78 is 0.463. The number of allylic oxidation sites excluding steroid dienone is 2. The third-order valence-electron chi connectivity index (χ3n) is 0.255. The van der Waals surface area contributed by atoms with Crippen LogP contribution in [0.5, 0.6) is 0 Å². The predicted molar refractivity (Wildman–Crippen MR) is 33.1 cm³/mol. The lowest BCUT2D eigenvalue weighted by molar-refractivity contribution is 2.08. The Hall–Kier alpha value is 0.120. The Morgan fingerprint density at radius 3 is 2.33 bits per heavy atom. The lowest BCUT2D eigenvalue weighted by Crippen LogP contribution is -1.43. The van der Waals surface area contributed by atoms with Gasteiger partial charge in [-0.05, 0) is 6.08 Å². The van der Waals surface area contributed by atoms with Crippen LogP contribution >= 0.6 is 24.2 Å². The third kappa shape index (κ3) is 4.12. The second-order valence-electron chi connectivity index (χ2n) is 0.725. The molecule has 0 aliphatic rings. The highest BCUT2D eigenvalue weighted by Gasteiger charge is 1.68. The maximum Gasteiger partial charge on any atom is 0.0704 e. The summed E-state index contributed by atoms with van der Waals surface area (Å²) in [4.78, 5) is 0. The maximum atomic E-state index is 5.23. The Kier molecular flexibility index (Phi) is 3.38. The molecule has 0 heterocycles. The van der Waals surface area contributed by atoms with Crippen LogP contribution in [-0.4, -0.2) is 0 Å². The Bertz CT molecular complexity index is 71.6. The molecule has 0 saturated carbocycles. The third-order valence-corrected chi connectivity index (χ3v) is 0.530. The highest BCUT2D eigenvalue weighted by molar-refractivity contribution is 7.86. The van der Waals surface area contributed by atoms with Gasteiger partial charge < -0.3 is 0 Å². The normalized spacial score (nSPS) is 11.3. The van der Waals surface area contributed by atoms with Crippen molar-refractivity contribution in [2.75, 3.05) is 0 Å². The van der Waals surface area contributed by atoms with Gasteiger partial charge in [-0.1, -0.05) is 24.3 Å². The smallest absolute Gasteiger partial charge is 0.0704 e. The Morgan fingerprint density at radius 1 is 1.83 bits per heavy atom. The Balaban J connectivity index is 3.41. The van der Waals surface area contributed by atoms with Crippen molar-refractivity contribution in [2.24, 2.45) is 0 Å². The minimum atomic E-state index is 0.463. The lowest BCUT2D eigenvalue weighted by atomic mass is 10.6. The summed E-state index contributed by atoms with van der Waals surface area (Å²) in [6.07, 6.45) is 3.18. The van der Waals surface area contributed by atoms with Crippen LogP contribution in [0.15, 0.2) is 23.1 Å². The number of thiol groups is 1. The molecule has 0 aliphatic heterocycles. The topological polar surface area (TPSA) is 0 Å². The molecule has 0 radical (unpaired) electrons. The van der Waals surface area contributed by atoms with Gasteiger partial charge in [-0.3, -0.25) is 0 Å². The van der Waals surface area contributed by atoms with Crippen LogP contribution in [0.4, 0.5) is 0 Å². The van der Waals surface area contributed by atoms with E-state index in [1.54, 1.807) is 12.2 Å².